The van der Waals surface area contributed by atoms with Crippen LogP contribution in [0, 0.1) is 39.5 Å². The fourth-order valence-electron chi connectivity index (χ4n) is 5.74. The average Bonchev–Trinajstić information content (AvgIpc) is 2.97. The van der Waals surface area contributed by atoms with Crippen molar-refractivity contribution in [2.75, 3.05) is 0 Å². The largest absolute Gasteiger partial charge is 1.00 e. The summed E-state index contributed by atoms with van der Waals surface area (Å²) in [6, 6.07) is 14.6. The van der Waals surface area contributed by atoms with E-state index in [1.165, 1.54) is 28.7 Å². The van der Waals surface area contributed by atoms with Crippen LogP contribution in [0.1, 0.15) is 28.7 Å². The van der Waals surface area contributed by atoms with Gasteiger partial charge in [0.25, 0.3) is 0 Å². The van der Waals surface area contributed by atoms with Gasteiger partial charge in [-0.15, -0.1) is 0 Å². The fraction of sp³-hybridized carbons (Fsp3) is 0.385. The predicted octanol–water partition coefficient (Wildman–Crippen LogP) is -3.41. The van der Waals surface area contributed by atoms with E-state index in [-0.39, 0.29) is 37.2 Å². The maximum absolute atomic E-state index is 2.65. The van der Waals surface area contributed by atoms with Gasteiger partial charge >= 0.3 is 184 Å². The summed E-state index contributed by atoms with van der Waals surface area (Å²) >= 11 is 2.52. The number of hydrogen-bond acceptors (Lipinski definition) is 0. The predicted molar refractivity (Wildman–Crippen MR) is 120 cm³/mol. The number of fused-ring (bicyclic) bond motifs is 1. The summed E-state index contributed by atoms with van der Waals surface area (Å²) in [6.45, 7) is 11.7. The van der Waals surface area contributed by atoms with Gasteiger partial charge in [0.1, 0.15) is 0 Å². The normalized spacial score (nSPS) is 24.0. The molecular formula is C26H31Cl3SiTi. The first kappa shape index (κ1) is 28.8. The number of allylic oxidation sites excluding steroid dienone is 4. The zero-order chi connectivity index (χ0) is 20.1. The molecule has 1 saturated carbocycles. The van der Waals surface area contributed by atoms with E-state index >= 15 is 0 Å². The van der Waals surface area contributed by atoms with Crippen molar-refractivity contribution in [3.8, 4) is 0 Å². The molecule has 31 heavy (non-hydrogen) atoms. The molecule has 4 rings (SSSR count). The van der Waals surface area contributed by atoms with Crippen LogP contribution in [0.3, 0.4) is 0 Å². The fourth-order valence-corrected chi connectivity index (χ4v) is 13.1. The van der Waals surface area contributed by atoms with Crippen molar-refractivity contribution in [2.45, 2.75) is 50.4 Å². The summed E-state index contributed by atoms with van der Waals surface area (Å²) in [5.74, 6) is 1.42. The van der Waals surface area contributed by atoms with Crippen molar-refractivity contribution in [1.29, 1.82) is 0 Å². The van der Waals surface area contributed by atoms with Crippen LogP contribution in [0.25, 0.3) is 0 Å². The maximum Gasteiger partial charge on any atom is -1.00 e. The second-order valence-corrected chi connectivity index (χ2v) is 14.7. The topological polar surface area (TPSA) is 0 Å². The van der Waals surface area contributed by atoms with Gasteiger partial charge in [0.15, 0.2) is 0 Å². The van der Waals surface area contributed by atoms with Gasteiger partial charge in [-0.3, -0.25) is 0 Å². The molecule has 1 fully saturated rings. The van der Waals surface area contributed by atoms with Crippen molar-refractivity contribution in [1.82, 2.24) is 0 Å². The smallest absolute Gasteiger partial charge is 1.00 e. The monoisotopic (exact) mass is 524 g/mol. The number of aryl methyl sites for hydroxylation is 4. The number of hydrogen-bond donors (Lipinski definition) is 0. The maximum atomic E-state index is 2.65. The van der Waals surface area contributed by atoms with Crippen molar-refractivity contribution in [3.63, 3.8) is 0 Å². The summed E-state index contributed by atoms with van der Waals surface area (Å²) < 4.78 is 0.726. The van der Waals surface area contributed by atoms with E-state index in [4.69, 9.17) is 0 Å². The van der Waals surface area contributed by atoms with E-state index in [1.54, 1.807) is 10.4 Å². The molecule has 0 spiro atoms. The Balaban J connectivity index is 0.00000160. The molecule has 0 aromatic heterocycles. The van der Waals surface area contributed by atoms with Gasteiger partial charge in [-0.05, 0) is 0 Å². The van der Waals surface area contributed by atoms with Crippen LogP contribution in [-0.2, 0) is 20.4 Å². The summed E-state index contributed by atoms with van der Waals surface area (Å²) in [6.07, 6.45) is 10.8. The second kappa shape index (κ2) is 11.2. The molecule has 0 saturated heterocycles. The molecule has 2 aromatic rings. The molecule has 0 heterocycles. The Bertz CT molecular complexity index is 877. The first-order valence-electron chi connectivity index (χ1n) is 10.5. The number of rotatable bonds is 3. The molecule has 2 aliphatic rings. The SMILES string of the molecule is Cc1cc(C)cc([Si](C)(c2cc(C)cc(C)c2)C2CC3C=CC=CC3[CH]2[Ti+3])c1.[Cl-].[Cl-].[Cl-]. The molecule has 4 unspecified atom stereocenters. The minimum Gasteiger partial charge on any atom is -1.00 e. The van der Waals surface area contributed by atoms with Crippen molar-refractivity contribution in [2.24, 2.45) is 11.8 Å². The Labute approximate surface area is 220 Å². The molecule has 0 aliphatic heterocycles. The summed E-state index contributed by atoms with van der Waals surface area (Å²) in [5.41, 5.74) is 6.38. The summed E-state index contributed by atoms with van der Waals surface area (Å²) in [4.78, 5) is 0. The molecule has 0 radical (unpaired) electrons. The van der Waals surface area contributed by atoms with E-state index in [0.717, 1.165) is 9.76 Å². The van der Waals surface area contributed by atoms with E-state index in [2.05, 4.69) is 115 Å². The Morgan fingerprint density at radius 2 is 1.13 bits per heavy atom. The van der Waals surface area contributed by atoms with Crippen LogP contribution < -0.4 is 47.6 Å². The third-order valence-corrected chi connectivity index (χ3v) is 13.9. The molecule has 0 amide bonds. The molecule has 0 N–H and O–H groups in total. The molecular weight excluding hydrogens is 495 g/mol. The first-order valence-corrected chi connectivity index (χ1v) is 14.0. The van der Waals surface area contributed by atoms with Crippen LogP contribution in [0.2, 0.25) is 16.3 Å². The third kappa shape index (κ3) is 5.45. The molecule has 2 aliphatic carbocycles. The summed E-state index contributed by atoms with van der Waals surface area (Å²) in [5, 5.41) is 3.25. The molecule has 5 heteroatoms. The van der Waals surface area contributed by atoms with Gasteiger partial charge < -0.3 is 37.2 Å². The van der Waals surface area contributed by atoms with Crippen LogP contribution >= 0.6 is 0 Å². The Morgan fingerprint density at radius 3 is 1.55 bits per heavy atom. The Hall–Kier alpha value is -0.279. The standard InChI is InChI=1S/C26H31Si.3ClH.Ti/c1-18-10-19(2)13-24(12-18)27(5,25-14-20(3)11-21(4)15-25)26-16-22-8-6-7-9-23(22)17-26;;;;/h6-16,22-23,26H,17H2,1-5H3;3*1H;/q;;;;+3/p-3. The Kier molecular flexibility index (Phi) is 10.4. The van der Waals surface area contributed by atoms with Crippen LogP contribution in [0.15, 0.2) is 60.7 Å². The van der Waals surface area contributed by atoms with Crippen LogP contribution in [-0.4, -0.2) is 8.07 Å². The zero-order valence-electron chi connectivity index (χ0n) is 18.9. The summed E-state index contributed by atoms with van der Waals surface area (Å²) in [7, 11) is -1.91. The molecule has 4 atom stereocenters. The van der Waals surface area contributed by atoms with Gasteiger partial charge in [-0.1, -0.05) is 0 Å². The molecule has 0 bridgehead atoms. The van der Waals surface area contributed by atoms with E-state index in [0.29, 0.717) is 11.8 Å². The second-order valence-electron chi connectivity index (χ2n) is 9.33. The third-order valence-electron chi connectivity index (χ3n) is 7.06. The number of benzene rings is 2. The molecule has 164 valence electrons. The van der Waals surface area contributed by atoms with Gasteiger partial charge in [0.05, 0.1) is 0 Å². The van der Waals surface area contributed by atoms with Gasteiger partial charge in [-0.2, -0.15) is 0 Å². The number of halogens is 3. The van der Waals surface area contributed by atoms with Gasteiger partial charge in [-0.25, -0.2) is 0 Å². The van der Waals surface area contributed by atoms with E-state index in [1.807, 2.05) is 0 Å². The van der Waals surface area contributed by atoms with Crippen LogP contribution in [0.5, 0.6) is 0 Å². The zero-order valence-corrected chi connectivity index (χ0v) is 23.8. The van der Waals surface area contributed by atoms with Gasteiger partial charge in [0, 0.05) is 0 Å². The van der Waals surface area contributed by atoms with E-state index < -0.39 is 8.07 Å². The van der Waals surface area contributed by atoms with Crippen molar-refractivity contribution < 1.29 is 57.7 Å². The van der Waals surface area contributed by atoms with Crippen molar-refractivity contribution in [3.05, 3.63) is 83.0 Å². The minimum atomic E-state index is -1.91. The quantitative estimate of drug-likeness (QED) is 0.367. The average molecular weight is 526 g/mol. The minimum absolute atomic E-state index is 0. The molecule has 2 aromatic carbocycles. The van der Waals surface area contributed by atoms with E-state index in [9.17, 15) is 0 Å². The van der Waals surface area contributed by atoms with Gasteiger partial charge in [0.2, 0.25) is 0 Å². The van der Waals surface area contributed by atoms with Crippen molar-refractivity contribution >= 4 is 18.4 Å². The van der Waals surface area contributed by atoms with Crippen LogP contribution in [0.4, 0.5) is 0 Å². The Morgan fingerprint density at radius 1 is 0.710 bits per heavy atom. The first-order chi connectivity index (χ1) is 13.3. The molecule has 0 nitrogen and oxygen atoms in total.